The van der Waals surface area contributed by atoms with Crippen LogP contribution in [0.15, 0.2) is 30.3 Å². The number of alkyl halides is 2. The lowest BCUT2D eigenvalue weighted by molar-refractivity contribution is 0.0579. The maximum absolute atomic E-state index is 14.4. The highest BCUT2D eigenvalue weighted by Crippen LogP contribution is 2.25. The largest absolute Gasteiger partial charge is 0.319 e. The molecule has 1 aliphatic heterocycles. The van der Waals surface area contributed by atoms with Gasteiger partial charge in [0, 0.05) is 25.1 Å². The molecule has 3 nitrogen and oxygen atoms in total. The molecule has 1 aromatic carbocycles. The molecule has 1 heterocycles. The van der Waals surface area contributed by atoms with Gasteiger partial charge in [0.15, 0.2) is 0 Å². The van der Waals surface area contributed by atoms with Gasteiger partial charge in [-0.1, -0.05) is 18.2 Å². The number of halogens is 2. The molecule has 2 rings (SSSR count). The molecule has 0 aromatic heterocycles. The Morgan fingerprint density at radius 1 is 1.47 bits per heavy atom. The van der Waals surface area contributed by atoms with Gasteiger partial charge in [-0.05, 0) is 12.1 Å². The van der Waals surface area contributed by atoms with Gasteiger partial charge in [-0.25, -0.2) is 4.39 Å². The van der Waals surface area contributed by atoms with Crippen molar-refractivity contribution in [2.24, 2.45) is 0 Å². The fourth-order valence-electron chi connectivity index (χ4n) is 1.81. The zero-order valence-corrected chi connectivity index (χ0v) is 10.0. The number of carbonyl (C=O) groups excluding carboxylic acids is 1. The number of hydrogen-bond acceptors (Lipinski definition) is 2. The topological polar surface area (TPSA) is 41.1 Å². The Labute approximate surface area is 104 Å². The molecule has 17 heavy (non-hydrogen) atoms. The lowest BCUT2D eigenvalue weighted by Crippen LogP contribution is -2.58. The van der Waals surface area contributed by atoms with Crippen molar-refractivity contribution in [2.75, 3.05) is 13.1 Å². The molecular weight excluding hydrogens is 243 g/mol. The van der Waals surface area contributed by atoms with Crippen LogP contribution in [0.1, 0.15) is 16.8 Å². The standard InChI is InChI=1S/C12H14ClFN2O/c13-10-8-15-7-6-12(10,14)16-11(17)9-4-2-1-3-5-9/h1-5,10,15H,6-8H2,(H,16,17). The van der Waals surface area contributed by atoms with E-state index in [1.807, 2.05) is 0 Å². The molecule has 1 amide bonds. The smallest absolute Gasteiger partial charge is 0.253 e. The lowest BCUT2D eigenvalue weighted by Gasteiger charge is -2.35. The van der Waals surface area contributed by atoms with Gasteiger partial charge in [-0.15, -0.1) is 11.6 Å². The van der Waals surface area contributed by atoms with Crippen LogP contribution in [0.4, 0.5) is 4.39 Å². The van der Waals surface area contributed by atoms with Crippen LogP contribution in [0.2, 0.25) is 0 Å². The Morgan fingerprint density at radius 2 is 2.18 bits per heavy atom. The van der Waals surface area contributed by atoms with Crippen molar-refractivity contribution in [3.05, 3.63) is 35.9 Å². The summed E-state index contributed by atoms with van der Waals surface area (Å²) in [5, 5.41) is 4.62. The normalized spacial score (nSPS) is 28.7. The molecule has 2 N–H and O–H groups in total. The maximum atomic E-state index is 14.4. The molecular formula is C12H14ClFN2O. The van der Waals surface area contributed by atoms with Crippen molar-refractivity contribution in [3.63, 3.8) is 0 Å². The second-order valence-corrected chi connectivity index (χ2v) is 4.63. The molecule has 0 radical (unpaired) electrons. The minimum absolute atomic E-state index is 0.180. The van der Waals surface area contributed by atoms with Crippen molar-refractivity contribution in [3.8, 4) is 0 Å². The summed E-state index contributed by atoms with van der Waals surface area (Å²) in [5.41, 5.74) is 0.437. The molecule has 0 aliphatic carbocycles. The van der Waals surface area contributed by atoms with E-state index in [4.69, 9.17) is 11.6 Å². The molecule has 0 bridgehead atoms. The summed E-state index contributed by atoms with van der Waals surface area (Å²) in [5.74, 6) is -2.26. The average molecular weight is 257 g/mol. The minimum Gasteiger partial charge on any atom is -0.319 e. The first kappa shape index (κ1) is 12.3. The van der Waals surface area contributed by atoms with Crippen molar-refractivity contribution in [1.29, 1.82) is 0 Å². The first-order valence-corrected chi connectivity index (χ1v) is 5.97. The monoisotopic (exact) mass is 256 g/mol. The summed E-state index contributed by atoms with van der Waals surface area (Å²) in [6.45, 7) is 0.863. The van der Waals surface area contributed by atoms with Gasteiger partial charge in [0.05, 0.1) is 5.38 Å². The number of benzene rings is 1. The fraction of sp³-hybridized carbons (Fsp3) is 0.417. The zero-order valence-electron chi connectivity index (χ0n) is 9.25. The van der Waals surface area contributed by atoms with Gasteiger partial charge in [-0.3, -0.25) is 4.79 Å². The zero-order chi connectivity index (χ0) is 12.3. The van der Waals surface area contributed by atoms with Crippen molar-refractivity contribution >= 4 is 17.5 Å². The Hall–Kier alpha value is -1.13. The van der Waals surface area contributed by atoms with E-state index in [1.54, 1.807) is 30.3 Å². The van der Waals surface area contributed by atoms with E-state index >= 15 is 0 Å². The molecule has 0 spiro atoms. The predicted molar refractivity (Wildman–Crippen MR) is 64.9 cm³/mol. The molecule has 1 saturated heterocycles. The molecule has 1 aliphatic rings. The predicted octanol–water partition coefficient (Wildman–Crippen LogP) is 1.68. The van der Waals surface area contributed by atoms with E-state index in [-0.39, 0.29) is 6.42 Å². The van der Waals surface area contributed by atoms with E-state index < -0.39 is 17.1 Å². The summed E-state index contributed by atoms with van der Waals surface area (Å²) >= 11 is 5.90. The third-order valence-electron chi connectivity index (χ3n) is 2.84. The van der Waals surface area contributed by atoms with Crippen molar-refractivity contribution < 1.29 is 9.18 Å². The van der Waals surface area contributed by atoms with E-state index in [2.05, 4.69) is 10.6 Å². The molecule has 1 fully saturated rings. The highest BCUT2D eigenvalue weighted by molar-refractivity contribution is 6.21. The third kappa shape index (κ3) is 2.76. The van der Waals surface area contributed by atoms with Crippen molar-refractivity contribution in [2.45, 2.75) is 17.6 Å². The summed E-state index contributed by atoms with van der Waals surface area (Å²) in [4.78, 5) is 11.8. The van der Waals surface area contributed by atoms with Crippen molar-refractivity contribution in [1.82, 2.24) is 10.6 Å². The Kier molecular flexibility index (Phi) is 3.64. The van der Waals surface area contributed by atoms with Gasteiger partial charge in [0.25, 0.3) is 5.91 Å². The molecule has 2 unspecified atom stereocenters. The highest BCUT2D eigenvalue weighted by atomic mass is 35.5. The van der Waals surface area contributed by atoms with E-state index in [0.717, 1.165) is 0 Å². The summed E-state index contributed by atoms with van der Waals surface area (Å²) in [6.07, 6.45) is 0.180. The van der Waals surface area contributed by atoms with Crippen LogP contribution in [0.5, 0.6) is 0 Å². The van der Waals surface area contributed by atoms with Crippen LogP contribution in [0, 0.1) is 0 Å². The van der Waals surface area contributed by atoms with Gasteiger partial charge in [0.2, 0.25) is 5.79 Å². The second-order valence-electron chi connectivity index (χ2n) is 4.10. The number of carbonyl (C=O) groups is 1. The van der Waals surface area contributed by atoms with E-state index in [1.165, 1.54) is 0 Å². The molecule has 0 saturated carbocycles. The Balaban J connectivity index is 2.07. The summed E-state index contributed by atoms with van der Waals surface area (Å²) in [7, 11) is 0. The number of amides is 1. The highest BCUT2D eigenvalue weighted by Gasteiger charge is 2.41. The van der Waals surface area contributed by atoms with E-state index in [9.17, 15) is 9.18 Å². The fourth-order valence-corrected chi connectivity index (χ4v) is 2.08. The number of rotatable bonds is 2. The second kappa shape index (κ2) is 5.02. The van der Waals surface area contributed by atoms with Gasteiger partial charge in [-0.2, -0.15) is 0 Å². The van der Waals surface area contributed by atoms with Gasteiger partial charge < -0.3 is 10.6 Å². The number of nitrogens with one attached hydrogen (secondary N) is 2. The third-order valence-corrected chi connectivity index (χ3v) is 3.34. The molecule has 92 valence electrons. The van der Waals surface area contributed by atoms with Crippen LogP contribution in [0.3, 0.4) is 0 Å². The van der Waals surface area contributed by atoms with Crippen LogP contribution in [0.25, 0.3) is 0 Å². The molecule has 2 atom stereocenters. The Bertz CT molecular complexity index is 401. The van der Waals surface area contributed by atoms with Crippen LogP contribution in [-0.4, -0.2) is 30.2 Å². The van der Waals surface area contributed by atoms with Gasteiger partial charge in [0.1, 0.15) is 0 Å². The average Bonchev–Trinajstić information content (AvgIpc) is 2.34. The molecule has 5 heteroatoms. The molecule has 1 aromatic rings. The first-order valence-electron chi connectivity index (χ1n) is 5.53. The first-order chi connectivity index (χ1) is 8.12. The van der Waals surface area contributed by atoms with Crippen LogP contribution in [-0.2, 0) is 0 Å². The lowest BCUT2D eigenvalue weighted by atomic mass is 10.0. The van der Waals surface area contributed by atoms with Crippen LogP contribution >= 0.6 is 11.6 Å². The Morgan fingerprint density at radius 3 is 2.82 bits per heavy atom. The number of piperidine rings is 1. The number of hydrogen-bond donors (Lipinski definition) is 2. The van der Waals surface area contributed by atoms with Gasteiger partial charge >= 0.3 is 0 Å². The van der Waals surface area contributed by atoms with E-state index in [0.29, 0.717) is 18.7 Å². The van der Waals surface area contributed by atoms with Crippen LogP contribution < -0.4 is 10.6 Å². The quantitative estimate of drug-likeness (QED) is 0.625. The summed E-state index contributed by atoms with van der Waals surface area (Å²) in [6, 6.07) is 8.56. The SMILES string of the molecule is O=C(NC1(F)CCNCC1Cl)c1ccccc1. The summed E-state index contributed by atoms with van der Waals surface area (Å²) < 4.78 is 14.4. The maximum Gasteiger partial charge on any atom is 0.253 e. The minimum atomic E-state index is -1.83.